The minimum absolute atomic E-state index is 0.855. The van der Waals surface area contributed by atoms with Gasteiger partial charge in [-0.05, 0) is 12.5 Å². The Bertz CT molecular complexity index is 165. The van der Waals surface area contributed by atoms with Crippen LogP contribution in [-0.2, 0) is 9.47 Å². The van der Waals surface area contributed by atoms with Gasteiger partial charge in [-0.3, -0.25) is 4.90 Å². The van der Waals surface area contributed by atoms with E-state index < -0.39 is 0 Å². The van der Waals surface area contributed by atoms with E-state index in [1.807, 2.05) is 6.26 Å². The molecule has 0 aromatic heterocycles. The highest BCUT2D eigenvalue weighted by Gasteiger charge is 2.07. The lowest BCUT2D eigenvalue weighted by atomic mass is 10.3. The van der Waals surface area contributed by atoms with E-state index >= 15 is 0 Å². The summed E-state index contributed by atoms with van der Waals surface area (Å²) in [6.45, 7) is 7.86. The van der Waals surface area contributed by atoms with Gasteiger partial charge in [0.25, 0.3) is 0 Å². The van der Waals surface area contributed by atoms with E-state index in [9.17, 15) is 0 Å². The van der Waals surface area contributed by atoms with Crippen LogP contribution in [0.25, 0.3) is 0 Å². The fourth-order valence-electron chi connectivity index (χ4n) is 1.55. The van der Waals surface area contributed by atoms with Gasteiger partial charge in [-0.2, -0.15) is 0 Å². The maximum atomic E-state index is 5.39. The Hall–Kier alpha value is -0.540. The summed E-state index contributed by atoms with van der Waals surface area (Å²) in [7, 11) is 0. The highest BCUT2D eigenvalue weighted by Crippen LogP contribution is 1.97. The summed E-state index contributed by atoms with van der Waals surface area (Å²) in [5.74, 6) is 0. The van der Waals surface area contributed by atoms with Gasteiger partial charge in [-0.1, -0.05) is 19.8 Å². The van der Waals surface area contributed by atoms with Gasteiger partial charge >= 0.3 is 0 Å². The van der Waals surface area contributed by atoms with Gasteiger partial charge in [-0.25, -0.2) is 0 Å². The van der Waals surface area contributed by atoms with Crippen LogP contribution >= 0.6 is 0 Å². The predicted molar refractivity (Wildman–Crippen MR) is 61.9 cm³/mol. The minimum Gasteiger partial charge on any atom is -0.501 e. The lowest BCUT2D eigenvalue weighted by molar-refractivity contribution is 0.0431. The predicted octanol–water partition coefficient (Wildman–Crippen LogP) is 2.04. The molecule has 88 valence electrons. The van der Waals surface area contributed by atoms with Crippen molar-refractivity contribution >= 4 is 0 Å². The number of nitrogens with zero attached hydrogens (tertiary/aromatic N) is 1. The van der Waals surface area contributed by atoms with E-state index in [4.69, 9.17) is 9.47 Å². The molecule has 0 bridgehead atoms. The van der Waals surface area contributed by atoms with Crippen LogP contribution in [0.5, 0.6) is 0 Å². The standard InChI is InChI=1S/C12H23NO2/c1-2-3-4-9-14-10-5-6-13-7-11-15-12-8-13/h5,10H,2-4,6-9,11-12H2,1H3/b10-5+. The van der Waals surface area contributed by atoms with Crippen LogP contribution in [-0.4, -0.2) is 44.4 Å². The summed E-state index contributed by atoms with van der Waals surface area (Å²) in [5, 5.41) is 0. The van der Waals surface area contributed by atoms with Crippen LogP contribution in [0.1, 0.15) is 26.2 Å². The van der Waals surface area contributed by atoms with Crippen molar-refractivity contribution < 1.29 is 9.47 Å². The Labute approximate surface area is 93.0 Å². The second-order valence-corrected chi connectivity index (χ2v) is 3.86. The molecule has 0 N–H and O–H groups in total. The van der Waals surface area contributed by atoms with Gasteiger partial charge in [0.15, 0.2) is 0 Å². The first kappa shape index (κ1) is 12.5. The molecule has 1 rings (SSSR count). The number of rotatable bonds is 7. The van der Waals surface area contributed by atoms with Crippen molar-refractivity contribution in [1.82, 2.24) is 4.90 Å². The van der Waals surface area contributed by atoms with Gasteiger partial charge in [0, 0.05) is 19.6 Å². The largest absolute Gasteiger partial charge is 0.501 e. The van der Waals surface area contributed by atoms with Gasteiger partial charge in [0.2, 0.25) is 0 Å². The van der Waals surface area contributed by atoms with Gasteiger partial charge in [-0.15, -0.1) is 0 Å². The van der Waals surface area contributed by atoms with Gasteiger partial charge in [0.05, 0.1) is 26.1 Å². The maximum Gasteiger partial charge on any atom is 0.0873 e. The van der Waals surface area contributed by atoms with Crippen molar-refractivity contribution in [3.05, 3.63) is 12.3 Å². The van der Waals surface area contributed by atoms with Crippen molar-refractivity contribution in [3.8, 4) is 0 Å². The molecule has 3 nitrogen and oxygen atoms in total. The SMILES string of the molecule is CCCCCO/C=C/CN1CCOCC1. The quantitative estimate of drug-likeness (QED) is 0.477. The zero-order valence-corrected chi connectivity index (χ0v) is 9.78. The first-order valence-corrected chi connectivity index (χ1v) is 6.00. The highest BCUT2D eigenvalue weighted by molar-refractivity contribution is 4.79. The van der Waals surface area contributed by atoms with Crippen LogP contribution in [0.3, 0.4) is 0 Å². The van der Waals surface area contributed by atoms with Crippen LogP contribution in [0.4, 0.5) is 0 Å². The zero-order valence-electron chi connectivity index (χ0n) is 9.78. The molecular formula is C12H23NO2. The summed E-state index contributed by atoms with van der Waals surface area (Å²) < 4.78 is 10.7. The topological polar surface area (TPSA) is 21.7 Å². The number of morpholine rings is 1. The van der Waals surface area contributed by atoms with E-state index in [1.54, 1.807) is 0 Å². The third-order valence-electron chi connectivity index (χ3n) is 2.53. The molecule has 1 aliphatic rings. The molecular weight excluding hydrogens is 190 g/mol. The Kier molecular flexibility index (Phi) is 7.30. The third kappa shape index (κ3) is 6.52. The lowest BCUT2D eigenvalue weighted by Crippen LogP contribution is -2.36. The second-order valence-electron chi connectivity index (χ2n) is 3.86. The first-order valence-electron chi connectivity index (χ1n) is 6.00. The summed E-state index contributed by atoms with van der Waals surface area (Å²) in [6, 6.07) is 0. The minimum atomic E-state index is 0.855. The molecule has 0 radical (unpaired) electrons. The molecule has 1 aliphatic heterocycles. The number of ether oxygens (including phenoxy) is 2. The van der Waals surface area contributed by atoms with Gasteiger partial charge in [0.1, 0.15) is 0 Å². The van der Waals surface area contributed by atoms with Crippen molar-refractivity contribution in [3.63, 3.8) is 0 Å². The summed E-state index contributed by atoms with van der Waals surface area (Å²) in [5.41, 5.74) is 0. The van der Waals surface area contributed by atoms with Crippen LogP contribution in [0.2, 0.25) is 0 Å². The smallest absolute Gasteiger partial charge is 0.0873 e. The zero-order chi connectivity index (χ0) is 10.8. The van der Waals surface area contributed by atoms with Crippen molar-refractivity contribution in [1.29, 1.82) is 0 Å². The molecule has 1 saturated heterocycles. The molecule has 0 atom stereocenters. The van der Waals surface area contributed by atoms with Crippen LogP contribution < -0.4 is 0 Å². The number of unbranched alkanes of at least 4 members (excludes halogenated alkanes) is 2. The van der Waals surface area contributed by atoms with Crippen molar-refractivity contribution in [2.75, 3.05) is 39.5 Å². The summed E-state index contributed by atoms with van der Waals surface area (Å²) in [4.78, 5) is 2.37. The molecule has 0 aliphatic carbocycles. The van der Waals surface area contributed by atoms with E-state index in [-0.39, 0.29) is 0 Å². The molecule has 1 fully saturated rings. The second kappa shape index (κ2) is 8.74. The molecule has 1 heterocycles. The summed E-state index contributed by atoms with van der Waals surface area (Å²) >= 11 is 0. The molecule has 15 heavy (non-hydrogen) atoms. The first-order chi connectivity index (χ1) is 7.43. The average Bonchev–Trinajstić information content (AvgIpc) is 2.29. The molecule has 0 unspecified atom stereocenters. The van der Waals surface area contributed by atoms with Crippen LogP contribution in [0, 0.1) is 0 Å². The van der Waals surface area contributed by atoms with E-state index in [0.29, 0.717) is 0 Å². The average molecular weight is 213 g/mol. The molecule has 0 saturated carbocycles. The van der Waals surface area contributed by atoms with Gasteiger partial charge < -0.3 is 9.47 Å². The van der Waals surface area contributed by atoms with E-state index in [2.05, 4.69) is 17.9 Å². The fraction of sp³-hybridized carbons (Fsp3) is 0.833. The molecule has 3 heteroatoms. The Balaban J connectivity index is 1.91. The maximum absolute atomic E-state index is 5.39. The molecule has 0 aromatic rings. The Morgan fingerprint density at radius 2 is 2.07 bits per heavy atom. The number of hydrogen-bond acceptors (Lipinski definition) is 3. The lowest BCUT2D eigenvalue weighted by Gasteiger charge is -2.24. The van der Waals surface area contributed by atoms with Crippen LogP contribution in [0.15, 0.2) is 12.3 Å². The third-order valence-corrected chi connectivity index (χ3v) is 2.53. The normalized spacial score (nSPS) is 18.5. The molecule has 0 amide bonds. The Morgan fingerprint density at radius 3 is 2.80 bits per heavy atom. The van der Waals surface area contributed by atoms with E-state index in [1.165, 1.54) is 19.3 Å². The monoisotopic (exact) mass is 213 g/mol. The van der Waals surface area contributed by atoms with Crippen molar-refractivity contribution in [2.24, 2.45) is 0 Å². The summed E-state index contributed by atoms with van der Waals surface area (Å²) in [6.07, 6.45) is 7.61. The fourth-order valence-corrected chi connectivity index (χ4v) is 1.55. The molecule has 0 spiro atoms. The number of hydrogen-bond donors (Lipinski definition) is 0. The van der Waals surface area contributed by atoms with Crippen molar-refractivity contribution in [2.45, 2.75) is 26.2 Å². The molecule has 0 aromatic carbocycles. The van der Waals surface area contributed by atoms with E-state index in [0.717, 1.165) is 39.5 Å². The highest BCUT2D eigenvalue weighted by atomic mass is 16.5. The Morgan fingerprint density at radius 1 is 1.27 bits per heavy atom.